The Kier molecular flexibility index (Phi) is 3.63. The summed E-state index contributed by atoms with van der Waals surface area (Å²) in [6.45, 7) is 0. The maximum Gasteiger partial charge on any atom is 0.0900 e. The largest absolute Gasteiger partial charge is 0.388 e. The average molecular weight is 257 g/mol. The zero-order chi connectivity index (χ0) is 11.5. The maximum atomic E-state index is 9.96. The fourth-order valence-electron chi connectivity index (χ4n) is 1.58. The van der Waals surface area contributed by atoms with E-state index in [1.54, 1.807) is 4.68 Å². The summed E-state index contributed by atoms with van der Waals surface area (Å²) in [5, 5.41) is 16.6. The second-order valence-electron chi connectivity index (χ2n) is 3.71. The molecule has 2 aromatic rings. The Morgan fingerprint density at radius 1 is 1.62 bits per heavy atom. The van der Waals surface area contributed by atoms with Gasteiger partial charge in [0.15, 0.2) is 0 Å². The van der Waals surface area contributed by atoms with Crippen LogP contribution in [0.25, 0.3) is 0 Å². The number of nitrogens with zero attached hydrogens (tertiary/aromatic N) is 2. The molecule has 1 atom stereocenters. The number of rotatable bonds is 4. The molecule has 1 unspecified atom stereocenters. The van der Waals surface area contributed by atoms with Crippen molar-refractivity contribution >= 4 is 22.9 Å². The van der Waals surface area contributed by atoms with Gasteiger partial charge in [-0.15, -0.1) is 11.3 Å². The quantitative estimate of drug-likeness (QED) is 0.914. The number of hydrogen-bond acceptors (Lipinski definition) is 3. The fourth-order valence-corrected chi connectivity index (χ4v) is 2.78. The van der Waals surface area contributed by atoms with Gasteiger partial charge in [0.1, 0.15) is 0 Å². The lowest BCUT2D eigenvalue weighted by molar-refractivity contribution is 0.171. The van der Waals surface area contributed by atoms with Gasteiger partial charge in [0.25, 0.3) is 0 Å². The van der Waals surface area contributed by atoms with Crippen molar-refractivity contribution in [3.05, 3.63) is 39.3 Å². The maximum absolute atomic E-state index is 9.96. The van der Waals surface area contributed by atoms with Gasteiger partial charge in [-0.2, -0.15) is 5.10 Å². The van der Waals surface area contributed by atoms with Gasteiger partial charge in [0.2, 0.25) is 0 Å². The van der Waals surface area contributed by atoms with E-state index in [9.17, 15) is 5.11 Å². The van der Waals surface area contributed by atoms with Gasteiger partial charge in [-0.25, -0.2) is 0 Å². The van der Waals surface area contributed by atoms with Crippen LogP contribution in [0.4, 0.5) is 0 Å². The summed E-state index contributed by atoms with van der Waals surface area (Å²) in [6.07, 6.45) is 4.79. The normalized spacial score (nSPS) is 12.9. The van der Waals surface area contributed by atoms with E-state index in [1.165, 1.54) is 11.3 Å². The Labute approximate surface area is 103 Å². The van der Waals surface area contributed by atoms with Crippen molar-refractivity contribution in [2.45, 2.75) is 18.9 Å². The summed E-state index contributed by atoms with van der Waals surface area (Å²) < 4.78 is 1.76. The summed E-state index contributed by atoms with van der Waals surface area (Å²) in [5.41, 5.74) is 1.13. The van der Waals surface area contributed by atoms with Crippen molar-refractivity contribution in [3.8, 4) is 0 Å². The number of halogens is 1. The highest BCUT2D eigenvalue weighted by Crippen LogP contribution is 2.30. The van der Waals surface area contributed by atoms with Crippen molar-refractivity contribution < 1.29 is 5.11 Å². The van der Waals surface area contributed by atoms with Gasteiger partial charge < -0.3 is 5.11 Å². The monoisotopic (exact) mass is 256 g/mol. The Morgan fingerprint density at radius 2 is 2.44 bits per heavy atom. The van der Waals surface area contributed by atoms with Crippen molar-refractivity contribution in [2.24, 2.45) is 7.05 Å². The first kappa shape index (κ1) is 11.6. The zero-order valence-corrected chi connectivity index (χ0v) is 10.5. The summed E-state index contributed by atoms with van der Waals surface area (Å²) in [4.78, 5) is 0.852. The van der Waals surface area contributed by atoms with Gasteiger partial charge in [0, 0.05) is 13.2 Å². The van der Waals surface area contributed by atoms with Crippen molar-refractivity contribution in [2.75, 3.05) is 0 Å². The number of aliphatic hydroxyl groups excluding tert-OH is 1. The first-order valence-corrected chi connectivity index (χ1v) is 6.31. The molecule has 0 saturated carbocycles. The van der Waals surface area contributed by atoms with Gasteiger partial charge in [-0.05, 0) is 29.9 Å². The van der Waals surface area contributed by atoms with Crippen LogP contribution < -0.4 is 0 Å². The van der Waals surface area contributed by atoms with Crippen LogP contribution >= 0.6 is 22.9 Å². The van der Waals surface area contributed by atoms with Crippen LogP contribution in [0.3, 0.4) is 0 Å². The van der Waals surface area contributed by atoms with Crippen LogP contribution in [0.15, 0.2) is 23.8 Å². The Hall–Kier alpha value is -0.840. The Balaban J connectivity index is 1.93. The molecule has 0 aromatic carbocycles. The molecule has 2 aromatic heterocycles. The first-order valence-electron chi connectivity index (χ1n) is 5.05. The van der Waals surface area contributed by atoms with Gasteiger partial charge in [0.05, 0.1) is 22.2 Å². The van der Waals surface area contributed by atoms with E-state index in [1.807, 2.05) is 30.9 Å². The third kappa shape index (κ3) is 2.64. The molecule has 0 bridgehead atoms. The van der Waals surface area contributed by atoms with Crippen LogP contribution in [-0.4, -0.2) is 14.9 Å². The van der Waals surface area contributed by atoms with Gasteiger partial charge >= 0.3 is 0 Å². The second kappa shape index (κ2) is 4.99. The molecule has 86 valence electrons. The van der Waals surface area contributed by atoms with Crippen LogP contribution in [0.2, 0.25) is 5.02 Å². The molecule has 3 nitrogen and oxygen atoms in total. The number of aromatic nitrogens is 2. The number of hydrogen-bond donors (Lipinski definition) is 1. The summed E-state index contributed by atoms with van der Waals surface area (Å²) >= 11 is 7.45. The molecule has 0 saturated heterocycles. The topological polar surface area (TPSA) is 38.0 Å². The third-order valence-electron chi connectivity index (χ3n) is 2.41. The van der Waals surface area contributed by atoms with E-state index in [4.69, 9.17) is 11.6 Å². The molecule has 0 spiro atoms. The van der Waals surface area contributed by atoms with Crippen molar-refractivity contribution in [1.29, 1.82) is 0 Å². The van der Waals surface area contributed by atoms with E-state index in [-0.39, 0.29) is 0 Å². The summed E-state index contributed by atoms with van der Waals surface area (Å²) in [7, 11) is 1.88. The lowest BCUT2D eigenvalue weighted by atomic mass is 10.1. The zero-order valence-electron chi connectivity index (χ0n) is 8.93. The molecule has 16 heavy (non-hydrogen) atoms. The second-order valence-corrected chi connectivity index (χ2v) is 5.06. The van der Waals surface area contributed by atoms with Crippen LogP contribution in [0.5, 0.6) is 0 Å². The van der Waals surface area contributed by atoms with E-state index in [0.29, 0.717) is 11.4 Å². The van der Waals surface area contributed by atoms with E-state index in [2.05, 4.69) is 5.10 Å². The molecule has 2 rings (SSSR count). The molecule has 0 fully saturated rings. The van der Waals surface area contributed by atoms with Crippen molar-refractivity contribution in [3.63, 3.8) is 0 Å². The molecular weight excluding hydrogens is 244 g/mol. The predicted molar refractivity (Wildman–Crippen MR) is 65.8 cm³/mol. The molecule has 0 amide bonds. The highest BCUT2D eigenvalue weighted by atomic mass is 35.5. The van der Waals surface area contributed by atoms with Crippen LogP contribution in [0.1, 0.15) is 23.0 Å². The Morgan fingerprint density at radius 3 is 3.00 bits per heavy atom. The third-order valence-corrected chi connectivity index (χ3v) is 3.87. The van der Waals surface area contributed by atoms with Crippen molar-refractivity contribution in [1.82, 2.24) is 9.78 Å². The SMILES string of the molecule is Cn1cc(CCC(O)c2sccc2Cl)cn1. The number of aliphatic hydroxyl groups is 1. The number of thiophene rings is 1. The van der Waals surface area contributed by atoms with Gasteiger partial charge in [-0.1, -0.05) is 11.6 Å². The lowest BCUT2D eigenvalue weighted by Gasteiger charge is -2.07. The van der Waals surface area contributed by atoms with Crippen LogP contribution in [0, 0.1) is 0 Å². The minimum atomic E-state index is -0.479. The first-order chi connectivity index (χ1) is 7.66. The summed E-state index contributed by atoms with van der Waals surface area (Å²) in [5.74, 6) is 0. The molecular formula is C11H13ClN2OS. The van der Waals surface area contributed by atoms with E-state index in [0.717, 1.165) is 16.9 Å². The fraction of sp³-hybridized carbons (Fsp3) is 0.364. The molecule has 2 heterocycles. The molecule has 0 aliphatic carbocycles. The molecule has 0 aliphatic rings. The lowest BCUT2D eigenvalue weighted by Crippen LogP contribution is -1.97. The number of aryl methyl sites for hydroxylation is 2. The Bertz CT molecular complexity index is 466. The minimum Gasteiger partial charge on any atom is -0.388 e. The molecule has 0 radical (unpaired) electrons. The van der Waals surface area contributed by atoms with Gasteiger partial charge in [-0.3, -0.25) is 4.68 Å². The molecule has 1 N–H and O–H groups in total. The smallest absolute Gasteiger partial charge is 0.0900 e. The van der Waals surface area contributed by atoms with Crippen LogP contribution in [-0.2, 0) is 13.5 Å². The average Bonchev–Trinajstić information content (AvgIpc) is 2.84. The molecule has 0 aliphatic heterocycles. The predicted octanol–water partition coefficient (Wildman–Crippen LogP) is 2.80. The standard InChI is InChI=1S/C11H13ClN2OS/c1-14-7-8(6-13-14)2-3-10(15)11-9(12)4-5-16-11/h4-7,10,15H,2-3H2,1H3. The molecule has 5 heteroatoms. The highest BCUT2D eigenvalue weighted by molar-refractivity contribution is 7.10. The highest BCUT2D eigenvalue weighted by Gasteiger charge is 2.13. The van der Waals surface area contributed by atoms with E-state index >= 15 is 0 Å². The summed E-state index contributed by atoms with van der Waals surface area (Å²) in [6, 6.07) is 1.81. The minimum absolute atomic E-state index is 0.479. The van der Waals surface area contributed by atoms with E-state index < -0.39 is 6.10 Å².